The summed E-state index contributed by atoms with van der Waals surface area (Å²) in [6.07, 6.45) is 1.67. The largest absolute Gasteiger partial charge is 0.394 e. The summed E-state index contributed by atoms with van der Waals surface area (Å²) in [5.74, 6) is -0.0208. The number of carbonyl (C=O) groups is 1. The highest BCUT2D eigenvalue weighted by Crippen LogP contribution is 2.04. The molecule has 0 aromatic rings. The topological polar surface area (TPSA) is 75.3 Å². The highest BCUT2D eigenvalue weighted by Gasteiger charge is 2.13. The van der Waals surface area contributed by atoms with E-state index in [0.29, 0.717) is 6.54 Å². The van der Waals surface area contributed by atoms with E-state index in [2.05, 4.69) is 5.32 Å². The van der Waals surface area contributed by atoms with Crippen molar-refractivity contribution in [3.05, 3.63) is 0 Å². The van der Waals surface area contributed by atoms with Crippen LogP contribution in [0, 0.1) is 5.92 Å². The van der Waals surface area contributed by atoms with Crippen molar-refractivity contribution in [2.45, 2.75) is 32.7 Å². The van der Waals surface area contributed by atoms with Gasteiger partial charge in [-0.05, 0) is 26.3 Å². The number of amides is 1. The normalized spacial score (nSPS) is 15.1. The predicted molar refractivity (Wildman–Crippen MR) is 52.1 cm³/mol. The second kappa shape index (κ2) is 6.86. The summed E-state index contributed by atoms with van der Waals surface area (Å²) in [7, 11) is 0. The molecule has 0 aliphatic heterocycles. The number of hydrogen-bond acceptors (Lipinski definition) is 3. The Morgan fingerprint density at radius 2 is 2.15 bits per heavy atom. The van der Waals surface area contributed by atoms with E-state index in [1.165, 1.54) is 0 Å². The van der Waals surface area contributed by atoms with E-state index in [1.54, 1.807) is 6.92 Å². The molecular formula is C9H20N2O2. The van der Waals surface area contributed by atoms with Crippen LogP contribution in [-0.4, -0.2) is 30.2 Å². The maximum absolute atomic E-state index is 11.4. The summed E-state index contributed by atoms with van der Waals surface area (Å²) >= 11 is 0. The Labute approximate surface area is 79.5 Å². The lowest BCUT2D eigenvalue weighted by Crippen LogP contribution is -2.38. The van der Waals surface area contributed by atoms with E-state index >= 15 is 0 Å². The molecule has 0 bridgehead atoms. The third-order valence-corrected chi connectivity index (χ3v) is 1.95. The molecule has 4 N–H and O–H groups in total. The zero-order valence-corrected chi connectivity index (χ0v) is 8.42. The quantitative estimate of drug-likeness (QED) is 0.543. The fraction of sp³-hybridized carbons (Fsp3) is 0.889. The first kappa shape index (κ1) is 12.4. The van der Waals surface area contributed by atoms with Crippen molar-refractivity contribution in [3.8, 4) is 0 Å². The van der Waals surface area contributed by atoms with Gasteiger partial charge >= 0.3 is 0 Å². The lowest BCUT2D eigenvalue weighted by Gasteiger charge is -2.15. The molecule has 2 unspecified atom stereocenters. The van der Waals surface area contributed by atoms with Crippen LogP contribution in [0.4, 0.5) is 0 Å². The molecule has 0 heterocycles. The summed E-state index contributed by atoms with van der Waals surface area (Å²) in [5.41, 5.74) is 5.33. The van der Waals surface area contributed by atoms with Gasteiger partial charge in [-0.1, -0.05) is 6.92 Å². The van der Waals surface area contributed by atoms with Crippen LogP contribution in [0.3, 0.4) is 0 Å². The van der Waals surface area contributed by atoms with Crippen molar-refractivity contribution in [3.63, 3.8) is 0 Å². The fourth-order valence-electron chi connectivity index (χ4n) is 0.986. The van der Waals surface area contributed by atoms with E-state index in [9.17, 15) is 4.79 Å². The van der Waals surface area contributed by atoms with Crippen molar-refractivity contribution < 1.29 is 9.90 Å². The van der Waals surface area contributed by atoms with Gasteiger partial charge in [-0.25, -0.2) is 0 Å². The van der Waals surface area contributed by atoms with Gasteiger partial charge in [0.05, 0.1) is 6.61 Å². The first-order valence-corrected chi connectivity index (χ1v) is 4.73. The molecule has 4 heteroatoms. The molecule has 0 rings (SSSR count). The average Bonchev–Trinajstić information content (AvgIpc) is 2.13. The minimum atomic E-state index is -0.159. The van der Waals surface area contributed by atoms with E-state index < -0.39 is 0 Å². The van der Waals surface area contributed by atoms with Crippen molar-refractivity contribution in [1.29, 1.82) is 0 Å². The molecule has 78 valence electrons. The van der Waals surface area contributed by atoms with Gasteiger partial charge in [0.15, 0.2) is 0 Å². The van der Waals surface area contributed by atoms with Crippen molar-refractivity contribution in [2.24, 2.45) is 11.7 Å². The highest BCUT2D eigenvalue weighted by molar-refractivity contribution is 5.78. The van der Waals surface area contributed by atoms with Crippen molar-refractivity contribution >= 4 is 5.91 Å². The monoisotopic (exact) mass is 188 g/mol. The molecule has 0 fully saturated rings. The molecule has 0 radical (unpaired) electrons. The van der Waals surface area contributed by atoms with Gasteiger partial charge in [0, 0.05) is 12.0 Å². The predicted octanol–water partition coefficient (Wildman–Crippen LogP) is -0.142. The third kappa shape index (κ3) is 5.60. The molecule has 13 heavy (non-hydrogen) atoms. The minimum Gasteiger partial charge on any atom is -0.394 e. The Bertz CT molecular complexity index is 151. The van der Waals surface area contributed by atoms with Crippen LogP contribution in [0.5, 0.6) is 0 Å². The number of rotatable bonds is 6. The van der Waals surface area contributed by atoms with E-state index in [0.717, 1.165) is 12.8 Å². The smallest absolute Gasteiger partial charge is 0.223 e. The molecule has 0 spiro atoms. The molecular weight excluding hydrogens is 168 g/mol. The molecule has 0 aromatic carbocycles. The Morgan fingerprint density at radius 1 is 1.54 bits per heavy atom. The number of carbonyl (C=O) groups excluding carboxylic acids is 1. The van der Waals surface area contributed by atoms with Gasteiger partial charge in [0.25, 0.3) is 0 Å². The molecule has 0 aliphatic carbocycles. The first-order chi connectivity index (χ1) is 6.11. The highest BCUT2D eigenvalue weighted by atomic mass is 16.3. The van der Waals surface area contributed by atoms with Crippen LogP contribution >= 0.6 is 0 Å². The SMILES string of the molecule is CC(CO)NC(=O)C(C)CCCN. The Kier molecular flexibility index (Phi) is 6.54. The molecule has 1 amide bonds. The van der Waals surface area contributed by atoms with E-state index in [-0.39, 0.29) is 24.5 Å². The molecule has 0 saturated carbocycles. The summed E-state index contributed by atoms with van der Waals surface area (Å²) in [5, 5.41) is 11.4. The average molecular weight is 188 g/mol. The van der Waals surface area contributed by atoms with Crippen LogP contribution in [0.15, 0.2) is 0 Å². The maximum atomic E-state index is 11.4. The summed E-state index contributed by atoms with van der Waals surface area (Å²) in [6, 6.07) is -0.159. The van der Waals surface area contributed by atoms with Gasteiger partial charge in [-0.3, -0.25) is 4.79 Å². The molecule has 0 aliphatic rings. The lowest BCUT2D eigenvalue weighted by molar-refractivity contribution is -0.125. The first-order valence-electron chi connectivity index (χ1n) is 4.73. The number of aliphatic hydroxyl groups excluding tert-OH is 1. The number of aliphatic hydroxyl groups is 1. The summed E-state index contributed by atoms with van der Waals surface area (Å²) < 4.78 is 0. The van der Waals surface area contributed by atoms with Crippen LogP contribution in [0.2, 0.25) is 0 Å². The second-order valence-electron chi connectivity index (χ2n) is 3.42. The Hall–Kier alpha value is -0.610. The standard InChI is InChI=1S/C9H20N2O2/c1-7(4-3-5-10)9(13)11-8(2)6-12/h7-8,12H,3-6,10H2,1-2H3,(H,11,13). The van der Waals surface area contributed by atoms with Gasteiger partial charge < -0.3 is 16.2 Å². The number of nitrogens with two attached hydrogens (primary N) is 1. The van der Waals surface area contributed by atoms with Crippen LogP contribution < -0.4 is 11.1 Å². The third-order valence-electron chi connectivity index (χ3n) is 1.95. The second-order valence-corrected chi connectivity index (χ2v) is 3.42. The molecule has 0 saturated heterocycles. The van der Waals surface area contributed by atoms with Gasteiger partial charge in [0.1, 0.15) is 0 Å². The van der Waals surface area contributed by atoms with Gasteiger partial charge in [-0.15, -0.1) is 0 Å². The number of hydrogen-bond donors (Lipinski definition) is 3. The zero-order chi connectivity index (χ0) is 10.3. The van der Waals surface area contributed by atoms with Crippen LogP contribution in [0.1, 0.15) is 26.7 Å². The summed E-state index contributed by atoms with van der Waals surface area (Å²) in [6.45, 7) is 4.24. The Balaban J connectivity index is 3.68. The maximum Gasteiger partial charge on any atom is 0.223 e. The van der Waals surface area contributed by atoms with Crippen molar-refractivity contribution in [1.82, 2.24) is 5.32 Å². The van der Waals surface area contributed by atoms with E-state index in [1.807, 2.05) is 6.92 Å². The van der Waals surface area contributed by atoms with Crippen molar-refractivity contribution in [2.75, 3.05) is 13.2 Å². The zero-order valence-electron chi connectivity index (χ0n) is 8.42. The van der Waals surface area contributed by atoms with Gasteiger partial charge in [-0.2, -0.15) is 0 Å². The number of nitrogens with one attached hydrogen (secondary N) is 1. The van der Waals surface area contributed by atoms with Gasteiger partial charge in [0.2, 0.25) is 5.91 Å². The molecule has 4 nitrogen and oxygen atoms in total. The molecule has 0 aromatic heterocycles. The van der Waals surface area contributed by atoms with Crippen LogP contribution in [-0.2, 0) is 4.79 Å². The lowest BCUT2D eigenvalue weighted by atomic mass is 10.0. The minimum absolute atomic E-state index is 0.00463. The molecule has 2 atom stereocenters. The Morgan fingerprint density at radius 3 is 2.62 bits per heavy atom. The van der Waals surface area contributed by atoms with E-state index in [4.69, 9.17) is 10.8 Å². The van der Waals surface area contributed by atoms with Crippen LogP contribution in [0.25, 0.3) is 0 Å². The fourth-order valence-corrected chi connectivity index (χ4v) is 0.986. The summed E-state index contributed by atoms with van der Waals surface area (Å²) in [4.78, 5) is 11.4.